The van der Waals surface area contributed by atoms with Crippen molar-refractivity contribution in [2.24, 2.45) is 5.10 Å². The number of sulfonamides is 1. The van der Waals surface area contributed by atoms with E-state index in [1.807, 2.05) is 5.43 Å². The first kappa shape index (κ1) is 11.2. The Bertz CT molecular complexity index is 251. The van der Waals surface area contributed by atoms with Crippen LogP contribution >= 0.6 is 0 Å². The van der Waals surface area contributed by atoms with Gasteiger partial charge in [-0.3, -0.25) is 0 Å². The maximum atomic E-state index is 12.4. The number of hydrazine groups is 1. The molecule has 0 fully saturated rings. The molecule has 12 heavy (non-hydrogen) atoms. The zero-order valence-electron chi connectivity index (χ0n) is 6.53. The summed E-state index contributed by atoms with van der Waals surface area (Å²) in [6.07, 6.45) is 0. The molecule has 72 valence electrons. The Hall–Kier alpha value is -0.760. The minimum absolute atomic E-state index is 0.109. The van der Waals surface area contributed by atoms with Crippen LogP contribution in [0.3, 0.4) is 0 Å². The van der Waals surface area contributed by atoms with Gasteiger partial charge in [0.1, 0.15) is 0 Å². The van der Waals surface area contributed by atoms with Crippen LogP contribution in [0.4, 0.5) is 8.78 Å². The van der Waals surface area contributed by atoms with E-state index >= 15 is 0 Å². The van der Waals surface area contributed by atoms with E-state index < -0.39 is 15.5 Å². The van der Waals surface area contributed by atoms with Gasteiger partial charge in [0.25, 0.3) is 10.0 Å². The van der Waals surface area contributed by atoms with Crippen LogP contribution in [0.15, 0.2) is 5.10 Å². The van der Waals surface area contributed by atoms with Crippen molar-refractivity contribution in [3.05, 3.63) is 0 Å². The number of nitrogens with one attached hydrogen (secondary N) is 1. The second kappa shape index (κ2) is 4.31. The van der Waals surface area contributed by atoms with Gasteiger partial charge >= 0.3 is 0 Å². The number of hydrogen-bond acceptors (Lipinski definition) is 4. The fraction of sp³-hybridized carbons (Fsp3) is 0.750. The Morgan fingerprint density at radius 3 is 2.42 bits per heavy atom. The van der Waals surface area contributed by atoms with E-state index in [0.717, 1.165) is 6.92 Å². The minimum Gasteiger partial charge on any atom is -0.228 e. The molecule has 0 aromatic rings. The molecular formula is C4H9F2N3O2S. The van der Waals surface area contributed by atoms with Gasteiger partial charge in [-0.15, -0.1) is 9.62 Å². The highest BCUT2D eigenvalue weighted by Gasteiger charge is 2.26. The highest BCUT2D eigenvalue weighted by atomic mass is 32.2. The predicted octanol–water partition coefficient (Wildman–Crippen LogP) is -0.0191. The van der Waals surface area contributed by atoms with Gasteiger partial charge in [0, 0.05) is 7.05 Å². The van der Waals surface area contributed by atoms with Gasteiger partial charge in [0.15, 0.2) is 6.47 Å². The van der Waals surface area contributed by atoms with Crippen LogP contribution in [0.25, 0.3) is 0 Å². The summed E-state index contributed by atoms with van der Waals surface area (Å²) < 4.78 is 45.7. The first-order valence-corrected chi connectivity index (χ1v) is 4.45. The lowest BCUT2D eigenvalue weighted by atomic mass is 10.9. The highest BCUT2D eigenvalue weighted by molar-refractivity contribution is 7.89. The molecule has 0 aliphatic heterocycles. The lowest BCUT2D eigenvalue weighted by molar-refractivity contribution is 0.328. The zero-order valence-corrected chi connectivity index (χ0v) is 7.35. The van der Waals surface area contributed by atoms with Gasteiger partial charge < -0.3 is 0 Å². The van der Waals surface area contributed by atoms with E-state index in [2.05, 4.69) is 5.10 Å². The number of rotatable bonds is 4. The van der Waals surface area contributed by atoms with Gasteiger partial charge in [-0.1, -0.05) is 0 Å². The Morgan fingerprint density at radius 2 is 2.17 bits per heavy atom. The predicted molar refractivity (Wildman–Crippen MR) is 40.0 cm³/mol. The third-order valence-corrected chi connectivity index (χ3v) is 2.57. The monoisotopic (exact) mass is 201 g/mol. The Labute approximate surface area is 69.1 Å². The molecule has 1 unspecified atom stereocenters. The molecule has 0 aliphatic rings. The van der Waals surface area contributed by atoms with Crippen LogP contribution in [-0.2, 0) is 10.0 Å². The van der Waals surface area contributed by atoms with E-state index in [-0.39, 0.29) is 11.0 Å². The first-order valence-electron chi connectivity index (χ1n) is 2.95. The van der Waals surface area contributed by atoms with Gasteiger partial charge in [-0.2, -0.15) is 4.39 Å². The fourth-order valence-corrected chi connectivity index (χ4v) is 1.12. The number of alkyl halides is 1. The van der Waals surface area contributed by atoms with Crippen molar-refractivity contribution in [3.8, 4) is 0 Å². The number of hydrogen-bond donors (Lipinski definition) is 1. The third kappa shape index (κ3) is 2.38. The Balaban J connectivity index is 4.73. The Kier molecular flexibility index (Phi) is 4.04. The van der Waals surface area contributed by atoms with E-state index in [1.165, 1.54) is 7.05 Å². The van der Waals surface area contributed by atoms with Crippen LogP contribution in [0, 0.1) is 0 Å². The minimum atomic E-state index is -4.23. The van der Waals surface area contributed by atoms with Crippen molar-refractivity contribution < 1.29 is 17.2 Å². The van der Waals surface area contributed by atoms with E-state index in [1.54, 1.807) is 0 Å². The van der Waals surface area contributed by atoms with Gasteiger partial charge in [-0.05, 0) is 6.92 Å². The summed E-state index contributed by atoms with van der Waals surface area (Å²) in [5, 5.41) is 2.74. The molecule has 0 aromatic heterocycles. The lowest BCUT2D eigenvalue weighted by Crippen LogP contribution is -2.39. The second-order valence-electron chi connectivity index (χ2n) is 1.77. The number of halogens is 2. The van der Waals surface area contributed by atoms with Gasteiger partial charge in [0.2, 0.25) is 5.50 Å². The summed E-state index contributed by atoms with van der Waals surface area (Å²) in [5.74, 6) is 0. The van der Waals surface area contributed by atoms with Crippen molar-refractivity contribution >= 4 is 16.5 Å². The van der Waals surface area contributed by atoms with E-state index in [4.69, 9.17) is 0 Å². The molecule has 5 nitrogen and oxygen atoms in total. The summed E-state index contributed by atoms with van der Waals surface area (Å²) in [7, 11) is -3.06. The SMILES string of the molecule is CNN(/N=C\F)S(=O)(=O)C(C)F. The normalized spacial score (nSPS) is 15.0. The van der Waals surface area contributed by atoms with Gasteiger partial charge in [-0.25, -0.2) is 18.2 Å². The quantitative estimate of drug-likeness (QED) is 0.513. The smallest absolute Gasteiger partial charge is 0.228 e. The summed E-state index contributed by atoms with van der Waals surface area (Å²) in [6.45, 7) is 0.559. The molecule has 0 bridgehead atoms. The maximum absolute atomic E-state index is 12.4. The van der Waals surface area contributed by atoms with Crippen molar-refractivity contribution in [3.63, 3.8) is 0 Å². The second-order valence-corrected chi connectivity index (χ2v) is 3.79. The first-order chi connectivity index (χ1) is 5.46. The van der Waals surface area contributed by atoms with E-state index in [0.29, 0.717) is 0 Å². The van der Waals surface area contributed by atoms with Crippen LogP contribution < -0.4 is 5.43 Å². The number of nitrogens with zero attached hydrogens (tertiary/aromatic N) is 2. The Morgan fingerprint density at radius 1 is 1.67 bits per heavy atom. The number of hydrazone groups is 1. The van der Waals surface area contributed by atoms with Crippen LogP contribution in [-0.4, -0.2) is 32.0 Å². The third-order valence-electron chi connectivity index (χ3n) is 0.991. The van der Waals surface area contributed by atoms with Crippen LogP contribution in [0.2, 0.25) is 0 Å². The topological polar surface area (TPSA) is 61.8 Å². The molecule has 0 rings (SSSR count). The van der Waals surface area contributed by atoms with Crippen molar-refractivity contribution in [2.75, 3.05) is 7.05 Å². The summed E-state index contributed by atoms with van der Waals surface area (Å²) in [5.41, 5.74) is -0.153. The zero-order chi connectivity index (χ0) is 9.78. The molecule has 0 spiro atoms. The molecule has 0 aliphatic carbocycles. The highest BCUT2D eigenvalue weighted by Crippen LogP contribution is 2.06. The molecule has 0 saturated carbocycles. The van der Waals surface area contributed by atoms with Crippen molar-refractivity contribution in [1.29, 1.82) is 0 Å². The molecule has 8 heteroatoms. The van der Waals surface area contributed by atoms with E-state index in [9.17, 15) is 17.2 Å². The molecular weight excluding hydrogens is 192 g/mol. The van der Waals surface area contributed by atoms with Gasteiger partial charge in [0.05, 0.1) is 0 Å². The fourth-order valence-electron chi connectivity index (χ4n) is 0.428. The van der Waals surface area contributed by atoms with Crippen molar-refractivity contribution in [1.82, 2.24) is 9.95 Å². The molecule has 0 heterocycles. The summed E-state index contributed by atoms with van der Waals surface area (Å²) in [6, 6.07) is 0. The van der Waals surface area contributed by atoms with Crippen LogP contribution in [0.1, 0.15) is 6.92 Å². The van der Waals surface area contributed by atoms with Crippen LogP contribution in [0.5, 0.6) is 0 Å². The largest absolute Gasteiger partial charge is 0.296 e. The molecule has 0 saturated heterocycles. The molecule has 1 atom stereocenters. The molecule has 0 amide bonds. The molecule has 0 radical (unpaired) electrons. The van der Waals surface area contributed by atoms with Crippen molar-refractivity contribution in [2.45, 2.75) is 12.4 Å². The average molecular weight is 201 g/mol. The molecule has 1 N–H and O–H groups in total. The maximum Gasteiger partial charge on any atom is 0.296 e. The lowest BCUT2D eigenvalue weighted by Gasteiger charge is -2.16. The summed E-state index contributed by atoms with van der Waals surface area (Å²) in [4.78, 5) is 0. The summed E-state index contributed by atoms with van der Waals surface area (Å²) >= 11 is 0. The standard InChI is InChI=1S/C4H9F2N3O2S/c1-4(6)12(10,11)9(7-2)8-3-5/h3-4,7H,1-2H3/b8-3-. The molecule has 0 aromatic carbocycles. The average Bonchev–Trinajstić information content (AvgIpc) is 1.99.